The molecule has 3 rings (SSSR count). The fourth-order valence-electron chi connectivity index (χ4n) is 3.17. The molecule has 0 saturated heterocycles. The van der Waals surface area contributed by atoms with E-state index in [2.05, 4.69) is 13.2 Å². The van der Waals surface area contributed by atoms with E-state index in [0.717, 1.165) is 10.8 Å². The zero-order valence-electron chi connectivity index (χ0n) is 15.1. The van der Waals surface area contributed by atoms with Crippen LogP contribution in [0.3, 0.4) is 0 Å². The van der Waals surface area contributed by atoms with Crippen LogP contribution in [0.1, 0.15) is 44.9 Å². The van der Waals surface area contributed by atoms with Crippen LogP contribution in [0.5, 0.6) is 0 Å². The van der Waals surface area contributed by atoms with Crippen molar-refractivity contribution < 1.29 is 19.5 Å². The second-order valence-electron chi connectivity index (χ2n) is 6.62. The maximum absolute atomic E-state index is 12.8. The molecule has 27 heavy (non-hydrogen) atoms. The zero-order chi connectivity index (χ0) is 19.9. The maximum Gasteiger partial charge on any atom is 0.337 e. The number of Topliss-reactive ketones (excluding diaryl/α,β-unsaturated/α-hetero) is 2. The highest BCUT2D eigenvalue weighted by Gasteiger charge is 2.27. The zero-order valence-corrected chi connectivity index (χ0v) is 15.1. The van der Waals surface area contributed by atoms with Crippen LogP contribution in [0.25, 0.3) is 21.5 Å². The Morgan fingerprint density at radius 3 is 1.85 bits per heavy atom. The summed E-state index contributed by atoms with van der Waals surface area (Å²) in [5.74, 6) is -2.29. The predicted molar refractivity (Wildman–Crippen MR) is 107 cm³/mol. The SMILES string of the molecule is C=C(C)C(=O)c1cc2cc3ccccc3cc2c(C(=O)O)c1C(=O)C(=C)C. The molecule has 0 bridgehead atoms. The van der Waals surface area contributed by atoms with E-state index < -0.39 is 17.5 Å². The summed E-state index contributed by atoms with van der Waals surface area (Å²) in [5, 5.41) is 12.6. The number of fused-ring (bicyclic) bond motifs is 2. The number of ketones is 2. The fraction of sp³-hybridized carbons (Fsp3) is 0.0870. The van der Waals surface area contributed by atoms with Crippen LogP contribution in [0.4, 0.5) is 0 Å². The molecule has 0 saturated carbocycles. The van der Waals surface area contributed by atoms with Gasteiger partial charge in [0.15, 0.2) is 11.6 Å². The molecule has 0 radical (unpaired) electrons. The van der Waals surface area contributed by atoms with Crippen LogP contribution in [0, 0.1) is 0 Å². The van der Waals surface area contributed by atoms with E-state index in [9.17, 15) is 19.5 Å². The van der Waals surface area contributed by atoms with Crippen LogP contribution in [-0.2, 0) is 0 Å². The minimum Gasteiger partial charge on any atom is -0.478 e. The lowest BCUT2D eigenvalue weighted by Crippen LogP contribution is -2.17. The molecular weight excluding hydrogens is 340 g/mol. The van der Waals surface area contributed by atoms with Crippen molar-refractivity contribution in [2.45, 2.75) is 13.8 Å². The van der Waals surface area contributed by atoms with Gasteiger partial charge >= 0.3 is 5.97 Å². The third-order valence-corrected chi connectivity index (χ3v) is 4.47. The first-order valence-electron chi connectivity index (χ1n) is 8.35. The third kappa shape index (κ3) is 3.06. The quantitative estimate of drug-likeness (QED) is 0.386. The normalized spacial score (nSPS) is 10.7. The van der Waals surface area contributed by atoms with Gasteiger partial charge in [-0.05, 0) is 64.7 Å². The first-order valence-corrected chi connectivity index (χ1v) is 8.35. The lowest BCUT2D eigenvalue weighted by molar-refractivity contribution is 0.0695. The molecule has 134 valence electrons. The van der Waals surface area contributed by atoms with Gasteiger partial charge in [-0.2, -0.15) is 0 Å². The van der Waals surface area contributed by atoms with Crippen molar-refractivity contribution in [2.75, 3.05) is 0 Å². The van der Waals surface area contributed by atoms with Gasteiger partial charge in [0.1, 0.15) is 0 Å². The molecule has 0 amide bonds. The van der Waals surface area contributed by atoms with Crippen molar-refractivity contribution in [1.82, 2.24) is 0 Å². The molecule has 0 aliphatic rings. The number of hydrogen-bond donors (Lipinski definition) is 1. The molecule has 0 heterocycles. The molecule has 0 aliphatic heterocycles. The van der Waals surface area contributed by atoms with Crippen LogP contribution in [-0.4, -0.2) is 22.6 Å². The Hall–Kier alpha value is -3.53. The Labute approximate surface area is 156 Å². The number of carbonyl (C=O) groups excluding carboxylic acids is 2. The van der Waals surface area contributed by atoms with E-state index in [0.29, 0.717) is 10.8 Å². The molecule has 4 heteroatoms. The van der Waals surface area contributed by atoms with Crippen molar-refractivity contribution in [2.24, 2.45) is 0 Å². The van der Waals surface area contributed by atoms with Gasteiger partial charge in [0.25, 0.3) is 0 Å². The summed E-state index contributed by atoms with van der Waals surface area (Å²) in [4.78, 5) is 37.6. The molecule has 0 aliphatic carbocycles. The first kappa shape index (κ1) is 18.3. The van der Waals surface area contributed by atoms with Crippen LogP contribution >= 0.6 is 0 Å². The number of aromatic carboxylic acids is 1. The minimum atomic E-state index is -1.27. The Balaban J connectivity index is 2.57. The van der Waals surface area contributed by atoms with Crippen molar-refractivity contribution in [3.63, 3.8) is 0 Å². The largest absolute Gasteiger partial charge is 0.478 e. The summed E-state index contributed by atoms with van der Waals surface area (Å²) < 4.78 is 0. The molecule has 0 spiro atoms. The Bertz CT molecular complexity index is 1180. The summed E-state index contributed by atoms with van der Waals surface area (Å²) in [6, 6.07) is 12.6. The van der Waals surface area contributed by atoms with Gasteiger partial charge in [0, 0.05) is 11.1 Å². The van der Waals surface area contributed by atoms with E-state index >= 15 is 0 Å². The Morgan fingerprint density at radius 2 is 1.33 bits per heavy atom. The standard InChI is InChI=1S/C23H18O4/c1-12(2)21(24)18-11-16-9-14-7-5-6-8-15(14)10-17(16)20(23(26)27)19(18)22(25)13(3)4/h5-11H,1,3H2,2,4H3,(H,26,27). The van der Waals surface area contributed by atoms with Gasteiger partial charge in [0.05, 0.1) is 5.56 Å². The average molecular weight is 358 g/mol. The molecule has 3 aromatic carbocycles. The number of hydrogen-bond acceptors (Lipinski definition) is 3. The topological polar surface area (TPSA) is 71.4 Å². The summed E-state index contributed by atoms with van der Waals surface area (Å²) in [6.07, 6.45) is 0. The third-order valence-electron chi connectivity index (χ3n) is 4.47. The number of rotatable bonds is 5. The van der Waals surface area contributed by atoms with Crippen LogP contribution < -0.4 is 0 Å². The van der Waals surface area contributed by atoms with Gasteiger partial charge in [-0.15, -0.1) is 0 Å². The highest BCUT2D eigenvalue weighted by atomic mass is 16.4. The average Bonchev–Trinajstić information content (AvgIpc) is 2.63. The van der Waals surface area contributed by atoms with Crippen LogP contribution in [0.15, 0.2) is 66.8 Å². The second kappa shape index (κ2) is 6.65. The smallest absolute Gasteiger partial charge is 0.337 e. The molecule has 3 aromatic rings. The van der Waals surface area contributed by atoms with Gasteiger partial charge < -0.3 is 5.11 Å². The summed E-state index contributed by atoms with van der Waals surface area (Å²) in [5.41, 5.74) is 0.105. The Kier molecular flexibility index (Phi) is 4.50. The van der Waals surface area contributed by atoms with Crippen LogP contribution in [0.2, 0.25) is 0 Å². The van der Waals surface area contributed by atoms with E-state index in [1.165, 1.54) is 13.8 Å². The van der Waals surface area contributed by atoms with E-state index in [4.69, 9.17) is 0 Å². The van der Waals surface area contributed by atoms with Crippen molar-refractivity contribution in [3.8, 4) is 0 Å². The number of carboxylic acid groups (broad SMARTS) is 1. The molecule has 0 unspecified atom stereocenters. The van der Waals surface area contributed by atoms with Crippen molar-refractivity contribution in [1.29, 1.82) is 0 Å². The monoisotopic (exact) mass is 358 g/mol. The van der Waals surface area contributed by atoms with Crippen molar-refractivity contribution in [3.05, 3.63) is 83.5 Å². The predicted octanol–water partition coefficient (Wildman–Crippen LogP) is 5.21. The molecule has 1 N–H and O–H groups in total. The van der Waals surface area contributed by atoms with Gasteiger partial charge in [0.2, 0.25) is 0 Å². The molecular formula is C23H18O4. The highest BCUT2D eigenvalue weighted by Crippen LogP contribution is 2.32. The fourth-order valence-corrected chi connectivity index (χ4v) is 3.17. The lowest BCUT2D eigenvalue weighted by Gasteiger charge is -2.15. The second-order valence-corrected chi connectivity index (χ2v) is 6.62. The van der Waals surface area contributed by atoms with E-state index in [1.807, 2.05) is 30.3 Å². The number of carbonyl (C=O) groups is 3. The Morgan fingerprint density at radius 1 is 0.778 bits per heavy atom. The number of benzene rings is 3. The van der Waals surface area contributed by atoms with E-state index in [-0.39, 0.29) is 27.8 Å². The van der Waals surface area contributed by atoms with Gasteiger partial charge in [-0.1, -0.05) is 37.4 Å². The van der Waals surface area contributed by atoms with Gasteiger partial charge in [-0.3, -0.25) is 9.59 Å². The molecule has 0 atom stereocenters. The summed E-state index contributed by atoms with van der Waals surface area (Å²) in [6.45, 7) is 10.3. The highest BCUT2D eigenvalue weighted by molar-refractivity contribution is 6.26. The maximum atomic E-state index is 12.8. The molecule has 4 nitrogen and oxygen atoms in total. The number of carboxylic acids is 1. The molecule has 0 aromatic heterocycles. The molecule has 0 fully saturated rings. The van der Waals surface area contributed by atoms with E-state index in [1.54, 1.807) is 12.1 Å². The summed E-state index contributed by atoms with van der Waals surface area (Å²) >= 11 is 0. The van der Waals surface area contributed by atoms with Gasteiger partial charge in [-0.25, -0.2) is 4.79 Å². The van der Waals surface area contributed by atoms with Crippen molar-refractivity contribution >= 4 is 39.1 Å². The minimum absolute atomic E-state index is 0.0377. The number of allylic oxidation sites excluding steroid dienone is 2. The first-order chi connectivity index (χ1) is 12.7. The lowest BCUT2D eigenvalue weighted by atomic mass is 9.86. The summed E-state index contributed by atoms with van der Waals surface area (Å²) in [7, 11) is 0.